The fourth-order valence-electron chi connectivity index (χ4n) is 2.62. The number of amidine groups is 1. The highest BCUT2D eigenvalue weighted by atomic mass is 32.2. The van der Waals surface area contributed by atoms with Gasteiger partial charge in [-0.2, -0.15) is 0 Å². The number of benzene rings is 2. The molecule has 0 N–H and O–H groups in total. The molecule has 2 aliphatic rings. The van der Waals surface area contributed by atoms with Crippen LogP contribution in [0.5, 0.6) is 0 Å². The molecule has 0 aromatic heterocycles. The molecule has 24 heavy (non-hydrogen) atoms. The van der Waals surface area contributed by atoms with Gasteiger partial charge in [0.25, 0.3) is 5.91 Å². The molecule has 4 nitrogen and oxygen atoms in total. The highest BCUT2D eigenvalue weighted by Gasteiger charge is 2.35. The molecule has 120 valence electrons. The van der Waals surface area contributed by atoms with Gasteiger partial charge in [0.1, 0.15) is 18.2 Å². The predicted octanol–water partition coefficient (Wildman–Crippen LogP) is 3.53. The Morgan fingerprint density at radius 1 is 1.08 bits per heavy atom. The molecule has 2 aliphatic heterocycles. The number of thioether (sulfide) groups is 1. The summed E-state index contributed by atoms with van der Waals surface area (Å²) in [7, 11) is 0. The molecule has 6 heteroatoms. The van der Waals surface area contributed by atoms with Crippen LogP contribution >= 0.6 is 11.8 Å². The van der Waals surface area contributed by atoms with Crippen molar-refractivity contribution in [2.24, 2.45) is 4.99 Å². The largest absolute Gasteiger partial charge is 0.343 e. The van der Waals surface area contributed by atoms with Gasteiger partial charge >= 0.3 is 0 Å². The van der Waals surface area contributed by atoms with Gasteiger partial charge in [0.15, 0.2) is 5.17 Å². The first-order chi connectivity index (χ1) is 11.7. The molecule has 0 spiro atoms. The third-order valence-electron chi connectivity index (χ3n) is 3.87. The Hall–Kier alpha value is -2.60. The minimum atomic E-state index is -0.298. The van der Waals surface area contributed by atoms with Crippen molar-refractivity contribution in [3.8, 4) is 0 Å². The first-order valence-electron chi connectivity index (χ1n) is 7.51. The lowest BCUT2D eigenvalue weighted by molar-refractivity contribution is -0.122. The number of nitrogens with zero attached hydrogens (tertiary/aromatic N) is 3. The van der Waals surface area contributed by atoms with E-state index in [0.717, 1.165) is 22.3 Å². The zero-order valence-corrected chi connectivity index (χ0v) is 13.5. The Bertz CT molecular complexity index is 833. The summed E-state index contributed by atoms with van der Waals surface area (Å²) < 4.78 is 13.0. The van der Waals surface area contributed by atoms with E-state index in [1.165, 1.54) is 23.9 Å². The number of aliphatic imine (C=N–C) groups is 1. The van der Waals surface area contributed by atoms with Crippen LogP contribution in [0.1, 0.15) is 5.56 Å². The third kappa shape index (κ3) is 2.80. The lowest BCUT2D eigenvalue weighted by Gasteiger charge is -2.34. The molecule has 0 unspecified atom stereocenters. The Balaban J connectivity index is 1.56. The van der Waals surface area contributed by atoms with Crippen LogP contribution in [-0.4, -0.2) is 28.5 Å². The Kier molecular flexibility index (Phi) is 3.82. The van der Waals surface area contributed by atoms with Crippen LogP contribution in [0, 0.1) is 5.82 Å². The quantitative estimate of drug-likeness (QED) is 0.785. The van der Waals surface area contributed by atoms with Gasteiger partial charge in [0.05, 0.1) is 5.88 Å². The van der Waals surface area contributed by atoms with Crippen LogP contribution < -0.4 is 4.90 Å². The molecule has 1 saturated heterocycles. The highest BCUT2D eigenvalue weighted by Crippen LogP contribution is 2.30. The van der Waals surface area contributed by atoms with Crippen LogP contribution in [0.25, 0.3) is 6.08 Å². The smallest absolute Gasteiger partial charge is 0.280 e. The summed E-state index contributed by atoms with van der Waals surface area (Å²) in [6.45, 7) is 0.482. The van der Waals surface area contributed by atoms with Crippen molar-refractivity contribution in [1.29, 1.82) is 0 Å². The molecule has 2 aromatic carbocycles. The molecule has 1 fully saturated rings. The lowest BCUT2D eigenvalue weighted by Crippen LogP contribution is -2.46. The van der Waals surface area contributed by atoms with Gasteiger partial charge < -0.3 is 4.90 Å². The molecule has 1 amide bonds. The van der Waals surface area contributed by atoms with Crippen molar-refractivity contribution >= 4 is 34.6 Å². The average molecular weight is 339 g/mol. The second kappa shape index (κ2) is 6.13. The molecule has 0 saturated carbocycles. The number of amides is 1. The Morgan fingerprint density at radius 2 is 1.83 bits per heavy atom. The maximum atomic E-state index is 13.0. The molecule has 4 rings (SSSR count). The number of para-hydroxylation sites is 1. The van der Waals surface area contributed by atoms with E-state index < -0.39 is 0 Å². The molecule has 0 radical (unpaired) electrons. The molecular weight excluding hydrogens is 325 g/mol. The topological polar surface area (TPSA) is 35.9 Å². The first kappa shape index (κ1) is 15.0. The number of hydrogen-bond donors (Lipinski definition) is 0. The monoisotopic (exact) mass is 339 g/mol. The predicted molar refractivity (Wildman–Crippen MR) is 94.9 cm³/mol. The second-order valence-electron chi connectivity index (χ2n) is 5.50. The number of hydrogen-bond acceptors (Lipinski definition) is 4. The summed E-state index contributed by atoms with van der Waals surface area (Å²) in [4.78, 5) is 20.9. The third-order valence-corrected chi connectivity index (χ3v) is 4.88. The molecule has 2 aromatic rings. The number of rotatable bonds is 2. The SMILES string of the molecule is O=C1C(=Cc2ccc(F)cc2)N=C2SCN(c3ccccc3)CN12. The molecule has 0 bridgehead atoms. The van der Waals surface area contributed by atoms with E-state index in [0.29, 0.717) is 12.4 Å². The van der Waals surface area contributed by atoms with Gasteiger partial charge in [-0.3, -0.25) is 9.69 Å². The summed E-state index contributed by atoms with van der Waals surface area (Å²) in [5.74, 6) is 0.325. The first-order valence-corrected chi connectivity index (χ1v) is 8.50. The van der Waals surface area contributed by atoms with Crippen LogP contribution in [0.2, 0.25) is 0 Å². The van der Waals surface area contributed by atoms with E-state index in [1.54, 1.807) is 23.1 Å². The summed E-state index contributed by atoms with van der Waals surface area (Å²) >= 11 is 1.54. The van der Waals surface area contributed by atoms with Gasteiger partial charge in [-0.25, -0.2) is 9.38 Å². The van der Waals surface area contributed by atoms with Crippen molar-refractivity contribution < 1.29 is 9.18 Å². The fourth-order valence-corrected chi connectivity index (χ4v) is 3.59. The van der Waals surface area contributed by atoms with Gasteiger partial charge in [0.2, 0.25) is 0 Å². The molecule has 0 aliphatic carbocycles. The number of carbonyl (C=O) groups excluding carboxylic acids is 1. The maximum absolute atomic E-state index is 13.0. The summed E-state index contributed by atoms with van der Waals surface area (Å²) in [5, 5.41) is 0.723. The van der Waals surface area contributed by atoms with E-state index in [4.69, 9.17) is 0 Å². The standard InChI is InChI=1S/C18H14FN3OS/c19-14-8-6-13(7-9-14)10-16-17(23)22-11-21(12-24-18(22)20-16)15-4-2-1-3-5-15/h1-10H,11-12H2. The van der Waals surface area contributed by atoms with Gasteiger partial charge in [-0.15, -0.1) is 0 Å². The second-order valence-corrected chi connectivity index (χ2v) is 6.41. The normalized spacial score (nSPS) is 18.8. The highest BCUT2D eigenvalue weighted by molar-refractivity contribution is 8.14. The van der Waals surface area contributed by atoms with Gasteiger partial charge in [-0.05, 0) is 35.9 Å². The lowest BCUT2D eigenvalue weighted by atomic mass is 10.2. The van der Waals surface area contributed by atoms with Gasteiger partial charge in [0, 0.05) is 5.69 Å². The van der Waals surface area contributed by atoms with Crippen molar-refractivity contribution in [2.45, 2.75) is 0 Å². The zero-order valence-electron chi connectivity index (χ0n) is 12.7. The van der Waals surface area contributed by atoms with E-state index in [1.807, 2.05) is 30.3 Å². The number of fused-ring (bicyclic) bond motifs is 1. The molecular formula is C18H14FN3OS. The van der Waals surface area contributed by atoms with Crippen molar-refractivity contribution in [3.05, 3.63) is 71.7 Å². The van der Waals surface area contributed by atoms with E-state index in [9.17, 15) is 9.18 Å². The summed E-state index contributed by atoms with van der Waals surface area (Å²) in [5.41, 5.74) is 2.22. The van der Waals surface area contributed by atoms with Crippen molar-refractivity contribution in [3.63, 3.8) is 0 Å². The Labute approximate surface area is 143 Å². The fraction of sp³-hybridized carbons (Fsp3) is 0.111. The van der Waals surface area contributed by atoms with E-state index in [-0.39, 0.29) is 11.7 Å². The Morgan fingerprint density at radius 3 is 2.58 bits per heavy atom. The summed E-state index contributed by atoms with van der Waals surface area (Å²) in [6.07, 6.45) is 1.69. The van der Waals surface area contributed by atoms with Crippen LogP contribution in [0.15, 0.2) is 65.3 Å². The minimum Gasteiger partial charge on any atom is -0.343 e. The van der Waals surface area contributed by atoms with Gasteiger partial charge in [-0.1, -0.05) is 42.1 Å². The maximum Gasteiger partial charge on any atom is 0.280 e. The minimum absolute atomic E-state index is 0.123. The number of halogens is 1. The molecule has 2 heterocycles. The van der Waals surface area contributed by atoms with E-state index >= 15 is 0 Å². The van der Waals surface area contributed by atoms with Crippen molar-refractivity contribution in [2.75, 3.05) is 17.4 Å². The van der Waals surface area contributed by atoms with Crippen molar-refractivity contribution in [1.82, 2.24) is 4.90 Å². The number of carbonyl (C=O) groups is 1. The van der Waals surface area contributed by atoms with Crippen LogP contribution in [-0.2, 0) is 4.79 Å². The zero-order chi connectivity index (χ0) is 16.5. The molecule has 0 atom stereocenters. The summed E-state index contributed by atoms with van der Waals surface area (Å²) in [6, 6.07) is 16.0. The van der Waals surface area contributed by atoms with Crippen LogP contribution in [0.4, 0.5) is 10.1 Å². The van der Waals surface area contributed by atoms with E-state index in [2.05, 4.69) is 9.89 Å². The average Bonchev–Trinajstić information content (AvgIpc) is 2.93. The van der Waals surface area contributed by atoms with Crippen LogP contribution in [0.3, 0.4) is 0 Å². The number of anilines is 1.